The standard InChI is InChI=1S/C20H25N3O3S/c1-16(14-18-8-5-13-27-18)21-20(25)23-11-9-22(10-12-23)19(24)15-26-17-6-3-2-4-7-17/h2-8,13,16H,9-12,14-15H2,1H3,(H,21,25). The first-order valence-electron chi connectivity index (χ1n) is 9.15. The fourth-order valence-corrected chi connectivity index (χ4v) is 3.83. The highest BCUT2D eigenvalue weighted by Gasteiger charge is 2.25. The molecule has 1 fully saturated rings. The van der Waals surface area contributed by atoms with Crippen molar-refractivity contribution in [1.82, 2.24) is 15.1 Å². The summed E-state index contributed by atoms with van der Waals surface area (Å²) in [6.45, 7) is 4.17. The Morgan fingerprint density at radius 3 is 2.44 bits per heavy atom. The molecule has 7 heteroatoms. The van der Waals surface area contributed by atoms with Gasteiger partial charge in [0.25, 0.3) is 5.91 Å². The van der Waals surface area contributed by atoms with E-state index < -0.39 is 0 Å². The number of nitrogens with zero attached hydrogens (tertiary/aromatic N) is 2. The van der Waals surface area contributed by atoms with Crippen LogP contribution in [0.25, 0.3) is 0 Å². The van der Waals surface area contributed by atoms with Crippen LogP contribution >= 0.6 is 11.3 Å². The minimum absolute atomic E-state index is 0.0219. The summed E-state index contributed by atoms with van der Waals surface area (Å²) in [7, 11) is 0. The van der Waals surface area contributed by atoms with Gasteiger partial charge in [0, 0.05) is 43.5 Å². The van der Waals surface area contributed by atoms with Gasteiger partial charge in [0.1, 0.15) is 5.75 Å². The Labute approximate surface area is 163 Å². The molecule has 0 aliphatic carbocycles. The molecular weight excluding hydrogens is 362 g/mol. The predicted octanol–water partition coefficient (Wildman–Crippen LogP) is 2.61. The van der Waals surface area contributed by atoms with Crippen LogP contribution in [0.15, 0.2) is 47.8 Å². The topological polar surface area (TPSA) is 61.9 Å². The molecule has 2 aromatic rings. The van der Waals surface area contributed by atoms with Crippen molar-refractivity contribution >= 4 is 23.3 Å². The van der Waals surface area contributed by atoms with Crippen LogP contribution in [-0.2, 0) is 11.2 Å². The molecule has 1 aliphatic rings. The summed E-state index contributed by atoms with van der Waals surface area (Å²) in [6, 6.07) is 13.4. The van der Waals surface area contributed by atoms with Crippen LogP contribution in [0, 0.1) is 0 Å². The lowest BCUT2D eigenvalue weighted by molar-refractivity contribution is -0.134. The molecular formula is C20H25N3O3S. The Morgan fingerprint density at radius 1 is 1.07 bits per heavy atom. The molecule has 1 aliphatic heterocycles. The number of hydrogen-bond donors (Lipinski definition) is 1. The van der Waals surface area contributed by atoms with Crippen molar-refractivity contribution < 1.29 is 14.3 Å². The lowest BCUT2D eigenvalue weighted by Crippen LogP contribution is -2.55. The smallest absolute Gasteiger partial charge is 0.317 e. The zero-order valence-electron chi connectivity index (χ0n) is 15.5. The van der Waals surface area contributed by atoms with Gasteiger partial charge in [-0.25, -0.2) is 4.79 Å². The van der Waals surface area contributed by atoms with Crippen LogP contribution in [0.4, 0.5) is 4.79 Å². The van der Waals surface area contributed by atoms with E-state index in [2.05, 4.69) is 11.4 Å². The number of urea groups is 1. The van der Waals surface area contributed by atoms with E-state index in [-0.39, 0.29) is 24.6 Å². The van der Waals surface area contributed by atoms with Gasteiger partial charge in [-0.05, 0) is 30.5 Å². The fraction of sp³-hybridized carbons (Fsp3) is 0.400. The summed E-state index contributed by atoms with van der Waals surface area (Å²) in [5.74, 6) is 0.633. The van der Waals surface area contributed by atoms with E-state index in [1.807, 2.05) is 48.7 Å². The third kappa shape index (κ3) is 5.72. The highest BCUT2D eigenvalue weighted by atomic mass is 32.1. The molecule has 6 nitrogen and oxygen atoms in total. The van der Waals surface area contributed by atoms with E-state index in [1.54, 1.807) is 21.1 Å². The Balaban J connectivity index is 1.38. The second-order valence-corrected chi connectivity index (χ2v) is 7.64. The molecule has 1 aromatic heterocycles. The van der Waals surface area contributed by atoms with Crippen molar-refractivity contribution in [1.29, 1.82) is 0 Å². The number of ether oxygens (including phenoxy) is 1. The highest BCUT2D eigenvalue weighted by molar-refractivity contribution is 7.09. The molecule has 144 valence electrons. The molecule has 1 unspecified atom stereocenters. The van der Waals surface area contributed by atoms with Crippen molar-refractivity contribution in [3.05, 3.63) is 52.7 Å². The van der Waals surface area contributed by atoms with Crippen LogP contribution in [0.1, 0.15) is 11.8 Å². The van der Waals surface area contributed by atoms with Crippen LogP contribution in [0.2, 0.25) is 0 Å². The number of carbonyl (C=O) groups excluding carboxylic acids is 2. The average molecular weight is 388 g/mol. The summed E-state index contributed by atoms with van der Waals surface area (Å²) in [6.07, 6.45) is 0.832. The Kier molecular flexibility index (Phi) is 6.70. The third-order valence-electron chi connectivity index (χ3n) is 4.48. The predicted molar refractivity (Wildman–Crippen MR) is 106 cm³/mol. The SMILES string of the molecule is CC(Cc1cccs1)NC(=O)N1CCN(C(=O)COc2ccccc2)CC1. The number of para-hydroxylation sites is 1. The number of amides is 3. The first-order valence-corrected chi connectivity index (χ1v) is 10.0. The third-order valence-corrected chi connectivity index (χ3v) is 5.38. The van der Waals surface area contributed by atoms with Gasteiger partial charge >= 0.3 is 6.03 Å². The van der Waals surface area contributed by atoms with Gasteiger partial charge in [0.2, 0.25) is 0 Å². The summed E-state index contributed by atoms with van der Waals surface area (Å²) >= 11 is 1.70. The molecule has 27 heavy (non-hydrogen) atoms. The number of thiophene rings is 1. The maximum absolute atomic E-state index is 12.4. The lowest BCUT2D eigenvalue weighted by Gasteiger charge is -2.35. The maximum Gasteiger partial charge on any atom is 0.317 e. The largest absolute Gasteiger partial charge is 0.484 e. The number of carbonyl (C=O) groups is 2. The quantitative estimate of drug-likeness (QED) is 0.829. The van der Waals surface area contributed by atoms with E-state index in [1.165, 1.54) is 4.88 Å². The van der Waals surface area contributed by atoms with Gasteiger partial charge < -0.3 is 19.9 Å². The zero-order chi connectivity index (χ0) is 19.1. The van der Waals surface area contributed by atoms with Crippen molar-refractivity contribution in [2.24, 2.45) is 0 Å². The highest BCUT2D eigenvalue weighted by Crippen LogP contribution is 2.12. The second-order valence-electron chi connectivity index (χ2n) is 6.60. The van der Waals surface area contributed by atoms with Gasteiger partial charge in [-0.1, -0.05) is 24.3 Å². The van der Waals surface area contributed by atoms with Gasteiger partial charge in [-0.15, -0.1) is 11.3 Å². The number of rotatable bonds is 6. The van der Waals surface area contributed by atoms with Crippen LogP contribution < -0.4 is 10.1 Å². The van der Waals surface area contributed by atoms with Gasteiger partial charge in [0.05, 0.1) is 0 Å². The molecule has 3 rings (SSSR count). The summed E-state index contributed by atoms with van der Waals surface area (Å²) < 4.78 is 5.51. The monoisotopic (exact) mass is 387 g/mol. The van der Waals surface area contributed by atoms with Crippen molar-refractivity contribution in [3.63, 3.8) is 0 Å². The van der Waals surface area contributed by atoms with E-state index in [0.29, 0.717) is 31.9 Å². The number of hydrogen-bond acceptors (Lipinski definition) is 4. The number of nitrogens with one attached hydrogen (secondary N) is 1. The molecule has 1 atom stereocenters. The minimum Gasteiger partial charge on any atom is -0.484 e. The van der Waals surface area contributed by atoms with Gasteiger partial charge in [-0.3, -0.25) is 4.79 Å². The van der Waals surface area contributed by atoms with Crippen LogP contribution in [0.3, 0.4) is 0 Å². The molecule has 0 spiro atoms. The van der Waals surface area contributed by atoms with E-state index in [4.69, 9.17) is 4.74 Å². The second kappa shape index (κ2) is 9.41. The molecule has 2 heterocycles. The molecule has 1 N–H and O–H groups in total. The molecule has 1 saturated heterocycles. The molecule has 0 bridgehead atoms. The van der Waals surface area contributed by atoms with Gasteiger partial charge in [-0.2, -0.15) is 0 Å². The average Bonchev–Trinajstić information content (AvgIpc) is 3.20. The van der Waals surface area contributed by atoms with E-state index in [9.17, 15) is 9.59 Å². The normalized spacial score (nSPS) is 15.3. The van der Waals surface area contributed by atoms with E-state index in [0.717, 1.165) is 6.42 Å². The fourth-order valence-electron chi connectivity index (χ4n) is 3.00. The Bertz CT molecular complexity index is 728. The minimum atomic E-state index is -0.0632. The van der Waals surface area contributed by atoms with Gasteiger partial charge in [0.15, 0.2) is 6.61 Å². The summed E-state index contributed by atoms with van der Waals surface area (Å²) in [4.78, 5) is 29.5. The molecule has 0 radical (unpaired) electrons. The number of benzene rings is 1. The van der Waals surface area contributed by atoms with Crippen molar-refractivity contribution in [2.75, 3.05) is 32.8 Å². The van der Waals surface area contributed by atoms with E-state index >= 15 is 0 Å². The lowest BCUT2D eigenvalue weighted by atomic mass is 10.2. The maximum atomic E-state index is 12.4. The molecule has 0 saturated carbocycles. The summed E-state index contributed by atoms with van der Waals surface area (Å²) in [5.41, 5.74) is 0. The molecule has 1 aromatic carbocycles. The number of piperazine rings is 1. The van der Waals surface area contributed by atoms with Crippen molar-refractivity contribution in [3.8, 4) is 5.75 Å². The Hall–Kier alpha value is -2.54. The van der Waals surface area contributed by atoms with Crippen molar-refractivity contribution in [2.45, 2.75) is 19.4 Å². The first kappa shape index (κ1) is 19.2. The summed E-state index contributed by atoms with van der Waals surface area (Å²) in [5, 5.41) is 5.09. The van der Waals surface area contributed by atoms with Crippen LogP contribution in [0.5, 0.6) is 5.75 Å². The molecule has 3 amide bonds. The zero-order valence-corrected chi connectivity index (χ0v) is 16.3. The first-order chi connectivity index (χ1) is 13.1. The van der Waals surface area contributed by atoms with Crippen LogP contribution in [-0.4, -0.2) is 60.6 Å². The Morgan fingerprint density at radius 2 is 1.78 bits per heavy atom.